The first-order valence-corrected chi connectivity index (χ1v) is 7.57. The van der Waals surface area contributed by atoms with Crippen molar-refractivity contribution in [3.8, 4) is 0 Å². The fraction of sp³-hybridized carbons (Fsp3) is 0.917. The first-order chi connectivity index (χ1) is 7.46. The second-order valence-corrected chi connectivity index (χ2v) is 8.66. The lowest BCUT2D eigenvalue weighted by molar-refractivity contribution is -0.148. The van der Waals surface area contributed by atoms with Crippen LogP contribution in [0, 0.1) is 5.41 Å². The van der Waals surface area contributed by atoms with Crippen molar-refractivity contribution in [2.24, 2.45) is 5.41 Å². The molecule has 0 bridgehead atoms. The molecular formula is C12H24O4S. The van der Waals surface area contributed by atoms with Crippen LogP contribution in [0.5, 0.6) is 0 Å². The summed E-state index contributed by atoms with van der Waals surface area (Å²) in [4.78, 5) is 11.2. The zero-order valence-electron chi connectivity index (χ0n) is 11.4. The van der Waals surface area contributed by atoms with E-state index in [9.17, 15) is 13.2 Å². The first kappa shape index (κ1) is 16.4. The maximum atomic E-state index is 11.9. The summed E-state index contributed by atoms with van der Waals surface area (Å²) in [6.45, 7) is 8.44. The highest BCUT2D eigenvalue weighted by Gasteiger charge is 2.36. The van der Waals surface area contributed by atoms with Gasteiger partial charge in [-0.3, -0.25) is 4.79 Å². The Labute approximate surface area is 104 Å². The summed E-state index contributed by atoms with van der Waals surface area (Å²) < 4.78 is 23.0. The summed E-state index contributed by atoms with van der Waals surface area (Å²) >= 11 is 0. The van der Waals surface area contributed by atoms with Crippen LogP contribution >= 0.6 is 0 Å². The number of carboxylic acids is 1. The van der Waals surface area contributed by atoms with Crippen molar-refractivity contribution in [2.45, 2.75) is 58.6 Å². The normalized spacial score (nSPS) is 16.5. The van der Waals surface area contributed by atoms with Crippen molar-refractivity contribution in [1.29, 1.82) is 0 Å². The Balaban J connectivity index is 4.81. The number of hydrogen-bond donors (Lipinski definition) is 1. The number of carbonyl (C=O) groups is 1. The van der Waals surface area contributed by atoms with Crippen molar-refractivity contribution in [3.63, 3.8) is 0 Å². The molecule has 0 amide bonds. The van der Waals surface area contributed by atoms with Crippen LogP contribution in [0.25, 0.3) is 0 Å². The summed E-state index contributed by atoms with van der Waals surface area (Å²) in [5.41, 5.74) is -0.937. The van der Waals surface area contributed by atoms with E-state index in [0.717, 1.165) is 6.42 Å². The van der Waals surface area contributed by atoms with Gasteiger partial charge in [0, 0.05) is 0 Å². The first-order valence-electron chi connectivity index (χ1n) is 5.92. The predicted octanol–water partition coefficient (Wildman–Crippen LogP) is 2.48. The van der Waals surface area contributed by atoms with E-state index < -0.39 is 26.0 Å². The average molecular weight is 264 g/mol. The van der Waals surface area contributed by atoms with E-state index in [1.807, 2.05) is 6.92 Å². The number of hydrogen-bond acceptors (Lipinski definition) is 3. The van der Waals surface area contributed by atoms with Crippen LogP contribution in [-0.2, 0) is 14.6 Å². The third-order valence-electron chi connectivity index (χ3n) is 3.17. The van der Waals surface area contributed by atoms with Crippen molar-refractivity contribution in [3.05, 3.63) is 0 Å². The molecule has 0 spiro atoms. The number of aliphatic carboxylic acids is 1. The second kappa shape index (κ2) is 5.38. The van der Waals surface area contributed by atoms with Gasteiger partial charge in [0.15, 0.2) is 9.84 Å². The SMILES string of the molecule is CCCC(C)(CCS(=O)(=O)C(C)(C)C)C(=O)O. The van der Waals surface area contributed by atoms with Crippen molar-refractivity contribution in [2.75, 3.05) is 5.75 Å². The van der Waals surface area contributed by atoms with E-state index in [0.29, 0.717) is 6.42 Å². The monoisotopic (exact) mass is 264 g/mol. The van der Waals surface area contributed by atoms with Gasteiger partial charge in [0.2, 0.25) is 0 Å². The molecule has 0 aromatic carbocycles. The lowest BCUT2D eigenvalue weighted by Crippen LogP contribution is -2.35. The van der Waals surface area contributed by atoms with Gasteiger partial charge < -0.3 is 5.11 Å². The van der Waals surface area contributed by atoms with Crippen LogP contribution in [0.1, 0.15) is 53.9 Å². The molecule has 1 N–H and O–H groups in total. The van der Waals surface area contributed by atoms with Gasteiger partial charge in [0.25, 0.3) is 0 Å². The predicted molar refractivity (Wildman–Crippen MR) is 68.8 cm³/mol. The highest BCUT2D eigenvalue weighted by molar-refractivity contribution is 7.92. The van der Waals surface area contributed by atoms with Gasteiger partial charge >= 0.3 is 5.97 Å². The van der Waals surface area contributed by atoms with E-state index in [-0.39, 0.29) is 12.2 Å². The Morgan fingerprint density at radius 3 is 1.88 bits per heavy atom. The standard InChI is InChI=1S/C12H24O4S/c1-6-7-12(5,10(13)14)8-9-17(15,16)11(2,3)4/h6-9H2,1-5H3,(H,13,14). The van der Waals surface area contributed by atoms with Crippen molar-refractivity contribution < 1.29 is 18.3 Å². The molecule has 0 heterocycles. The molecule has 4 nitrogen and oxygen atoms in total. The molecule has 0 radical (unpaired) electrons. The van der Waals surface area contributed by atoms with Gasteiger partial charge in [-0.2, -0.15) is 0 Å². The maximum absolute atomic E-state index is 11.9. The van der Waals surface area contributed by atoms with Crippen LogP contribution in [0.15, 0.2) is 0 Å². The van der Waals surface area contributed by atoms with Crippen LogP contribution in [-0.4, -0.2) is 30.0 Å². The number of rotatable bonds is 6. The summed E-state index contributed by atoms with van der Waals surface area (Å²) in [6, 6.07) is 0. The Morgan fingerprint density at radius 2 is 1.59 bits per heavy atom. The molecule has 0 aromatic rings. The van der Waals surface area contributed by atoms with Gasteiger partial charge in [-0.1, -0.05) is 13.3 Å². The third kappa shape index (κ3) is 4.30. The molecule has 0 saturated heterocycles. The topological polar surface area (TPSA) is 71.4 Å². The highest BCUT2D eigenvalue weighted by Crippen LogP contribution is 2.30. The molecule has 0 saturated carbocycles. The Hall–Kier alpha value is -0.580. The molecule has 0 aromatic heterocycles. The minimum Gasteiger partial charge on any atom is -0.481 e. The molecule has 0 rings (SSSR count). The van der Waals surface area contributed by atoms with E-state index in [1.165, 1.54) is 0 Å². The second-order valence-electron chi connectivity index (χ2n) is 5.80. The lowest BCUT2D eigenvalue weighted by Gasteiger charge is -2.26. The van der Waals surface area contributed by atoms with Gasteiger partial charge in [0.1, 0.15) is 0 Å². The van der Waals surface area contributed by atoms with Gasteiger partial charge in [-0.05, 0) is 40.5 Å². The van der Waals surface area contributed by atoms with Crippen molar-refractivity contribution in [1.82, 2.24) is 0 Å². The zero-order chi connectivity index (χ0) is 13.9. The zero-order valence-corrected chi connectivity index (χ0v) is 12.2. The summed E-state index contributed by atoms with van der Waals surface area (Å²) in [7, 11) is -3.25. The van der Waals surface area contributed by atoms with E-state index in [1.54, 1.807) is 27.7 Å². The molecule has 0 aliphatic rings. The summed E-state index contributed by atoms with van der Waals surface area (Å²) in [5, 5.41) is 9.17. The molecular weight excluding hydrogens is 240 g/mol. The lowest BCUT2D eigenvalue weighted by atomic mass is 9.83. The molecule has 102 valence electrons. The Kier molecular flexibility index (Phi) is 5.19. The van der Waals surface area contributed by atoms with Gasteiger partial charge in [0.05, 0.1) is 15.9 Å². The Bertz CT molecular complexity index is 364. The highest BCUT2D eigenvalue weighted by atomic mass is 32.2. The quantitative estimate of drug-likeness (QED) is 0.800. The van der Waals surface area contributed by atoms with E-state index in [4.69, 9.17) is 5.11 Å². The summed E-state index contributed by atoms with van der Waals surface area (Å²) in [5.74, 6) is -0.984. The van der Waals surface area contributed by atoms with Crippen LogP contribution in [0.4, 0.5) is 0 Å². The minimum absolute atomic E-state index is 0.0701. The fourth-order valence-electron chi connectivity index (χ4n) is 1.56. The Morgan fingerprint density at radius 1 is 1.12 bits per heavy atom. The number of sulfone groups is 1. The molecule has 0 aliphatic carbocycles. The van der Waals surface area contributed by atoms with Crippen LogP contribution in [0.2, 0.25) is 0 Å². The molecule has 17 heavy (non-hydrogen) atoms. The van der Waals surface area contributed by atoms with Crippen molar-refractivity contribution >= 4 is 15.8 Å². The van der Waals surface area contributed by atoms with Gasteiger partial charge in [-0.25, -0.2) is 8.42 Å². The number of carboxylic acid groups (broad SMARTS) is 1. The molecule has 1 unspecified atom stereocenters. The minimum atomic E-state index is -3.25. The van der Waals surface area contributed by atoms with E-state index in [2.05, 4.69) is 0 Å². The van der Waals surface area contributed by atoms with Crippen LogP contribution < -0.4 is 0 Å². The molecule has 0 fully saturated rings. The van der Waals surface area contributed by atoms with Crippen LogP contribution in [0.3, 0.4) is 0 Å². The van der Waals surface area contributed by atoms with E-state index >= 15 is 0 Å². The molecule has 0 aliphatic heterocycles. The largest absolute Gasteiger partial charge is 0.481 e. The smallest absolute Gasteiger partial charge is 0.309 e. The maximum Gasteiger partial charge on any atom is 0.309 e. The molecule has 5 heteroatoms. The van der Waals surface area contributed by atoms with Gasteiger partial charge in [-0.15, -0.1) is 0 Å². The molecule has 1 atom stereocenters. The third-order valence-corrected chi connectivity index (χ3v) is 5.78. The average Bonchev–Trinajstić information content (AvgIpc) is 2.13. The fourth-order valence-corrected chi connectivity index (χ4v) is 2.89. The summed E-state index contributed by atoms with van der Waals surface area (Å²) in [6.07, 6.45) is 1.41.